The zero-order chi connectivity index (χ0) is 22.9. The van der Waals surface area contributed by atoms with Gasteiger partial charge in [-0.15, -0.1) is 0 Å². The van der Waals surface area contributed by atoms with Crippen LogP contribution in [0.15, 0.2) is 23.0 Å². The third-order valence-corrected chi connectivity index (χ3v) is 4.32. The van der Waals surface area contributed by atoms with Crippen LogP contribution in [0, 0.1) is 5.82 Å². The van der Waals surface area contributed by atoms with Crippen molar-refractivity contribution in [3.63, 3.8) is 0 Å². The summed E-state index contributed by atoms with van der Waals surface area (Å²) in [5, 5.41) is 7.88. The molecule has 0 atom stereocenters. The fourth-order valence-electron chi connectivity index (χ4n) is 2.74. The maximum absolute atomic E-state index is 13.1. The number of fused-ring (bicyclic) bond motifs is 1. The first-order valence-electron chi connectivity index (χ1n) is 9.07. The molecular weight excluding hydrogens is 428 g/mol. The molecule has 3 rings (SSSR count). The van der Waals surface area contributed by atoms with Crippen molar-refractivity contribution >= 4 is 23.2 Å². The molecule has 1 heterocycles. The Hall–Kier alpha value is -2.46. The molecule has 0 saturated carbocycles. The van der Waals surface area contributed by atoms with Crippen molar-refractivity contribution in [1.82, 2.24) is 10.2 Å². The van der Waals surface area contributed by atoms with E-state index in [2.05, 4.69) is 15.9 Å². The molecule has 0 fully saturated rings. The number of nitrogens with zero attached hydrogens (tertiary/aromatic N) is 1. The topological polar surface area (TPSA) is 101 Å². The summed E-state index contributed by atoms with van der Waals surface area (Å²) in [7, 11) is 1.50. The lowest BCUT2D eigenvalue weighted by molar-refractivity contribution is -0.137. The van der Waals surface area contributed by atoms with Crippen molar-refractivity contribution in [2.75, 3.05) is 12.4 Å². The van der Waals surface area contributed by atoms with Gasteiger partial charge in [0, 0.05) is 13.0 Å². The monoisotopic (exact) mass is 450 g/mol. The Bertz CT molecular complexity index is 916. The quantitative estimate of drug-likeness (QED) is 0.450. The summed E-state index contributed by atoms with van der Waals surface area (Å²) in [6.45, 7) is 1.10. The molecule has 30 heavy (non-hydrogen) atoms. The van der Waals surface area contributed by atoms with Crippen molar-refractivity contribution in [1.29, 1.82) is 0 Å². The first-order valence-corrected chi connectivity index (χ1v) is 9.44. The van der Waals surface area contributed by atoms with Gasteiger partial charge in [0.1, 0.15) is 5.82 Å². The van der Waals surface area contributed by atoms with Gasteiger partial charge in [0.25, 0.3) is 5.56 Å². The number of H-pyrrole nitrogens is 1. The van der Waals surface area contributed by atoms with Crippen molar-refractivity contribution in [3.8, 4) is 0 Å². The molecule has 11 heteroatoms. The van der Waals surface area contributed by atoms with E-state index in [1.807, 2.05) is 5.32 Å². The average Bonchev–Trinajstić information content (AvgIpc) is 2.90. The zero-order valence-electron chi connectivity index (χ0n) is 16.5. The van der Waals surface area contributed by atoms with Gasteiger partial charge in [0.2, 0.25) is 5.91 Å². The number of nitrogens with two attached hydrogens (primary N) is 1. The number of carbonyl (C=O) groups excluding carboxylic acids is 1. The minimum atomic E-state index is -4.73. The highest BCUT2D eigenvalue weighted by atomic mass is 35.5. The highest BCUT2D eigenvalue weighted by Gasteiger charge is 2.34. The summed E-state index contributed by atoms with van der Waals surface area (Å²) < 4.78 is 50.0. The molecule has 1 aromatic carbocycles. The number of nitrogens with one attached hydrogen (secondary N) is 2. The zero-order valence-corrected chi connectivity index (χ0v) is 17.3. The Morgan fingerprint density at radius 1 is 1.17 bits per heavy atom. The van der Waals surface area contributed by atoms with E-state index in [0.29, 0.717) is 0 Å². The molecule has 0 spiro atoms. The van der Waals surface area contributed by atoms with E-state index >= 15 is 0 Å². The highest BCUT2D eigenvalue weighted by molar-refractivity contribution is 6.31. The smallest absolute Gasteiger partial charge is 0.333 e. The van der Waals surface area contributed by atoms with Gasteiger partial charge in [-0.1, -0.05) is 18.0 Å². The molecule has 0 radical (unpaired) electrons. The molecule has 166 valence electrons. The largest absolute Gasteiger partial charge is 0.417 e. The molecule has 4 N–H and O–H groups in total. The minimum Gasteiger partial charge on any atom is -0.333 e. The normalized spacial score (nSPS) is 12.9. The number of halogens is 5. The number of hydrogen-bond donors (Lipinski definition) is 3. The first-order chi connectivity index (χ1) is 14.1. The summed E-state index contributed by atoms with van der Waals surface area (Å²) in [6.07, 6.45) is 0.958. The summed E-state index contributed by atoms with van der Waals surface area (Å²) in [4.78, 5) is 21.6. The molecule has 1 aromatic heterocycles. The van der Waals surface area contributed by atoms with Gasteiger partial charge < -0.3 is 11.1 Å². The molecule has 2 aromatic rings. The van der Waals surface area contributed by atoms with Crippen LogP contribution in [-0.4, -0.2) is 23.2 Å². The Morgan fingerprint density at radius 3 is 2.40 bits per heavy atom. The number of hydrogen-bond acceptors (Lipinski definition) is 4. The van der Waals surface area contributed by atoms with E-state index in [4.69, 9.17) is 11.6 Å². The van der Waals surface area contributed by atoms with Gasteiger partial charge in [-0.2, -0.15) is 18.3 Å². The van der Waals surface area contributed by atoms with Crippen LogP contribution in [0.5, 0.6) is 0 Å². The van der Waals surface area contributed by atoms with Crippen LogP contribution < -0.4 is 16.6 Å². The first kappa shape index (κ1) is 25.6. The second kappa shape index (κ2) is 11.7. The van der Waals surface area contributed by atoms with Gasteiger partial charge in [-0.3, -0.25) is 9.59 Å². The second-order valence-corrected chi connectivity index (χ2v) is 6.66. The van der Waals surface area contributed by atoms with Crippen LogP contribution in [0.2, 0.25) is 5.02 Å². The number of aromatic nitrogens is 2. The maximum Gasteiger partial charge on any atom is 0.417 e. The average molecular weight is 451 g/mol. The molecule has 1 aliphatic carbocycles. The van der Waals surface area contributed by atoms with E-state index in [1.165, 1.54) is 26.3 Å². The fourth-order valence-corrected chi connectivity index (χ4v) is 3.01. The van der Waals surface area contributed by atoms with Crippen LogP contribution in [0.1, 0.15) is 43.0 Å². The van der Waals surface area contributed by atoms with Crippen LogP contribution >= 0.6 is 11.6 Å². The second-order valence-electron chi connectivity index (χ2n) is 6.26. The number of benzene rings is 1. The van der Waals surface area contributed by atoms with E-state index in [1.54, 1.807) is 6.07 Å². The van der Waals surface area contributed by atoms with E-state index in [0.717, 1.165) is 37.1 Å². The summed E-state index contributed by atoms with van der Waals surface area (Å²) in [6, 6.07) is 2.66. The number of aromatic amines is 1. The van der Waals surface area contributed by atoms with Crippen LogP contribution in [0.3, 0.4) is 0 Å². The Morgan fingerprint density at radius 2 is 1.80 bits per heavy atom. The molecule has 0 aliphatic heterocycles. The predicted molar refractivity (Wildman–Crippen MR) is 107 cm³/mol. The van der Waals surface area contributed by atoms with Crippen LogP contribution in [0.4, 0.5) is 23.2 Å². The molecule has 6 nitrogen and oxygen atoms in total. The van der Waals surface area contributed by atoms with E-state index < -0.39 is 28.5 Å². The molecule has 0 saturated heterocycles. The lowest BCUT2D eigenvalue weighted by atomic mass is 10.1. The molecular formula is C19H23ClF4N4O2. The van der Waals surface area contributed by atoms with Gasteiger partial charge in [-0.05, 0) is 50.4 Å². The molecule has 1 amide bonds. The Labute approximate surface area is 175 Å². The number of aryl methyl sites for hydroxylation is 2. The predicted octanol–water partition coefficient (Wildman–Crippen LogP) is 4.07. The number of amides is 1. The number of anilines is 1. The van der Waals surface area contributed by atoms with Crippen molar-refractivity contribution in [2.24, 2.45) is 5.73 Å². The van der Waals surface area contributed by atoms with Gasteiger partial charge in [0.05, 0.1) is 22.0 Å². The maximum atomic E-state index is 13.1. The van der Waals surface area contributed by atoms with Crippen molar-refractivity contribution in [2.45, 2.75) is 45.2 Å². The lowest BCUT2D eigenvalue weighted by Gasteiger charge is -2.11. The number of alkyl halides is 3. The molecule has 0 unspecified atom stereocenters. The fraction of sp³-hybridized carbons (Fsp3) is 0.421. The van der Waals surface area contributed by atoms with Crippen LogP contribution in [-0.2, 0) is 23.8 Å². The summed E-state index contributed by atoms with van der Waals surface area (Å²) in [5.41, 5.74) is 5.00. The van der Waals surface area contributed by atoms with E-state index in [-0.39, 0.29) is 17.3 Å². The number of rotatable bonds is 1. The molecule has 1 aliphatic rings. The van der Waals surface area contributed by atoms with Gasteiger partial charge in [0.15, 0.2) is 0 Å². The van der Waals surface area contributed by atoms with Crippen LogP contribution in [0.25, 0.3) is 0 Å². The Kier molecular flexibility index (Phi) is 9.94. The summed E-state index contributed by atoms with van der Waals surface area (Å²) in [5.74, 6) is -1.79. The standard InChI is InChI=1S/C9H6ClF4NO.C9H12N2O.CH5N/c1-4(16)15-8-3-6(10)5(2-7(8)11)9(12,13)14;12-9-6-7-4-2-1-3-5-8(7)10-11-9;1-2/h2-3H,1H3,(H,15,16);6H,1-5H2,(H,11,12);2H2,1H3. The lowest BCUT2D eigenvalue weighted by Crippen LogP contribution is -2.11. The van der Waals surface area contributed by atoms with Crippen molar-refractivity contribution < 1.29 is 22.4 Å². The highest BCUT2D eigenvalue weighted by Crippen LogP contribution is 2.37. The van der Waals surface area contributed by atoms with Crippen molar-refractivity contribution in [3.05, 3.63) is 56.2 Å². The van der Waals surface area contributed by atoms with Gasteiger partial charge >= 0.3 is 6.18 Å². The van der Waals surface area contributed by atoms with Gasteiger partial charge in [-0.25, -0.2) is 9.49 Å². The third kappa shape index (κ3) is 7.75. The molecule has 0 bridgehead atoms. The Balaban J connectivity index is 0.000000285. The summed E-state index contributed by atoms with van der Waals surface area (Å²) >= 11 is 5.33. The third-order valence-electron chi connectivity index (χ3n) is 4.01. The minimum absolute atomic E-state index is 0.0735. The SMILES string of the molecule is CC(=O)Nc1cc(Cl)c(C(F)(F)F)cc1F.CN.O=c1cc2c(n[nH]1)CCCCC2. The number of carbonyl (C=O) groups is 1. The van der Waals surface area contributed by atoms with E-state index in [9.17, 15) is 27.2 Å².